The van der Waals surface area contributed by atoms with E-state index >= 15 is 0 Å². The minimum absolute atomic E-state index is 1.15. The molecule has 0 aliphatic carbocycles. The van der Waals surface area contributed by atoms with Gasteiger partial charge >= 0.3 is 0 Å². The molecule has 0 atom stereocenters. The molecule has 0 unspecified atom stereocenters. The van der Waals surface area contributed by atoms with E-state index in [1.165, 1.54) is 42.6 Å². The summed E-state index contributed by atoms with van der Waals surface area (Å²) in [5.74, 6) is 0. The van der Waals surface area contributed by atoms with Crippen molar-refractivity contribution in [3.63, 3.8) is 0 Å². The van der Waals surface area contributed by atoms with E-state index in [9.17, 15) is 0 Å². The van der Waals surface area contributed by atoms with Gasteiger partial charge in [0.1, 0.15) is 8.07 Å². The molecule has 7 rings (SSSR count). The predicted octanol–water partition coefficient (Wildman–Crippen LogP) is 9.26. The van der Waals surface area contributed by atoms with Gasteiger partial charge in [0.05, 0.1) is 5.69 Å². The highest BCUT2D eigenvalue weighted by molar-refractivity contribution is 8.00. The lowest BCUT2D eigenvalue weighted by atomic mass is 10.0. The van der Waals surface area contributed by atoms with Crippen molar-refractivity contribution >= 4 is 58.0 Å². The van der Waals surface area contributed by atoms with E-state index in [0.717, 1.165) is 11.4 Å². The number of hydrogen-bond donors (Lipinski definition) is 0. The zero-order valence-corrected chi connectivity index (χ0v) is 24.0. The van der Waals surface area contributed by atoms with Crippen LogP contribution in [0.1, 0.15) is 0 Å². The van der Waals surface area contributed by atoms with E-state index in [0.29, 0.717) is 0 Å². The summed E-state index contributed by atoms with van der Waals surface area (Å²) >= 11 is 1.94. The minimum Gasteiger partial charge on any atom is -0.310 e. The van der Waals surface area contributed by atoms with Crippen LogP contribution in [0.2, 0.25) is 13.1 Å². The Balaban J connectivity index is 1.34. The zero-order chi connectivity index (χ0) is 26.4. The molecule has 6 aromatic rings. The van der Waals surface area contributed by atoms with Gasteiger partial charge in [-0.1, -0.05) is 128 Å². The fraction of sp³-hybridized carbons (Fsp3) is 0.0556. The van der Waals surface area contributed by atoms with Crippen LogP contribution in [0.15, 0.2) is 149 Å². The maximum atomic E-state index is 2.49. The molecule has 1 nitrogen and oxygen atoms in total. The topological polar surface area (TPSA) is 3.24 Å². The van der Waals surface area contributed by atoms with Gasteiger partial charge in [-0.15, -0.1) is 0 Å². The Hall–Kier alpha value is -4.05. The second-order valence-corrected chi connectivity index (χ2v) is 16.0. The van der Waals surface area contributed by atoms with Crippen LogP contribution in [0.4, 0.5) is 17.1 Å². The summed E-state index contributed by atoms with van der Waals surface area (Å²) in [6.07, 6.45) is 0. The van der Waals surface area contributed by atoms with E-state index in [4.69, 9.17) is 0 Å². The monoisotopic (exact) mass is 535 g/mol. The van der Waals surface area contributed by atoms with Crippen LogP contribution < -0.4 is 15.3 Å². The molecule has 0 bridgehead atoms. The normalized spacial score (nSPS) is 13.5. The molecule has 1 heterocycles. The van der Waals surface area contributed by atoms with Crippen molar-refractivity contribution in [1.82, 2.24) is 0 Å². The molecule has 0 saturated carbocycles. The van der Waals surface area contributed by atoms with Crippen molar-refractivity contribution in [3.8, 4) is 11.1 Å². The van der Waals surface area contributed by atoms with E-state index < -0.39 is 8.07 Å². The molecule has 0 fully saturated rings. The van der Waals surface area contributed by atoms with Crippen molar-refractivity contribution in [3.05, 3.63) is 140 Å². The van der Waals surface area contributed by atoms with Gasteiger partial charge in [-0.3, -0.25) is 0 Å². The molecule has 0 spiro atoms. The number of anilines is 3. The summed E-state index contributed by atoms with van der Waals surface area (Å²) < 4.78 is 0. The van der Waals surface area contributed by atoms with Crippen LogP contribution in [0.5, 0.6) is 0 Å². The highest BCUT2D eigenvalue weighted by Gasteiger charge is 2.35. The molecule has 3 heteroatoms. The van der Waals surface area contributed by atoms with Crippen LogP contribution in [0, 0.1) is 0 Å². The highest BCUT2D eigenvalue weighted by atomic mass is 32.2. The fourth-order valence-corrected chi connectivity index (χ4v) is 11.5. The second kappa shape index (κ2) is 9.60. The predicted molar refractivity (Wildman–Crippen MR) is 171 cm³/mol. The number of rotatable bonds is 4. The van der Waals surface area contributed by atoms with Gasteiger partial charge in [0.2, 0.25) is 0 Å². The summed E-state index contributed by atoms with van der Waals surface area (Å²) in [5, 5.41) is 5.57. The average molecular weight is 536 g/mol. The van der Waals surface area contributed by atoms with Crippen LogP contribution >= 0.6 is 11.8 Å². The molecule has 1 aliphatic rings. The van der Waals surface area contributed by atoms with Gasteiger partial charge in [-0.2, -0.15) is 0 Å². The molecular formula is C36H29NSSi. The van der Waals surface area contributed by atoms with Gasteiger partial charge in [-0.25, -0.2) is 0 Å². The molecule has 39 heavy (non-hydrogen) atoms. The first-order valence-electron chi connectivity index (χ1n) is 13.5. The highest BCUT2D eigenvalue weighted by Crippen LogP contribution is 2.42. The number of hydrogen-bond acceptors (Lipinski definition) is 2. The van der Waals surface area contributed by atoms with Crippen molar-refractivity contribution in [2.24, 2.45) is 0 Å². The van der Waals surface area contributed by atoms with Crippen LogP contribution in [0.25, 0.3) is 21.9 Å². The van der Waals surface area contributed by atoms with E-state index in [2.05, 4.69) is 158 Å². The molecule has 0 aromatic heterocycles. The average Bonchev–Trinajstić information content (AvgIpc) is 2.98. The lowest BCUT2D eigenvalue weighted by molar-refractivity contribution is 1.30. The summed E-state index contributed by atoms with van der Waals surface area (Å²) in [4.78, 5) is 5.21. The Morgan fingerprint density at radius 3 is 2.03 bits per heavy atom. The molecule has 0 saturated heterocycles. The molecule has 1 aliphatic heterocycles. The number of fused-ring (bicyclic) bond motifs is 3. The van der Waals surface area contributed by atoms with Crippen molar-refractivity contribution in [2.75, 3.05) is 4.90 Å². The molecule has 188 valence electrons. The van der Waals surface area contributed by atoms with Crippen LogP contribution in [-0.4, -0.2) is 8.07 Å². The molecule has 6 aromatic carbocycles. The first kappa shape index (κ1) is 24.0. The molecule has 0 N–H and O–H groups in total. The maximum Gasteiger partial charge on any atom is 0.115 e. The summed E-state index contributed by atoms with van der Waals surface area (Å²) in [7, 11) is -1.77. The molecule has 0 radical (unpaired) electrons. The Morgan fingerprint density at radius 1 is 0.538 bits per heavy atom. The molecule has 0 amide bonds. The third-order valence-electron chi connectivity index (χ3n) is 7.92. The number of nitrogens with zero attached hydrogens (tertiary/aromatic N) is 1. The van der Waals surface area contributed by atoms with Crippen molar-refractivity contribution in [2.45, 2.75) is 22.9 Å². The first-order valence-corrected chi connectivity index (χ1v) is 17.3. The van der Waals surface area contributed by atoms with Gasteiger partial charge in [0, 0.05) is 26.6 Å². The third-order valence-corrected chi connectivity index (χ3v) is 13.0. The van der Waals surface area contributed by atoms with Crippen LogP contribution in [0.3, 0.4) is 0 Å². The Labute approximate surface area is 235 Å². The Morgan fingerprint density at radius 2 is 1.18 bits per heavy atom. The van der Waals surface area contributed by atoms with Gasteiger partial charge in [0.25, 0.3) is 0 Å². The standard InChI is InChI=1S/C36H29NSSi/c1-39(2)34-20-9-8-19-33(34)38-36-31(17-11-21-35(36)39)27-22-24-29(25-23-27)37(28-14-4-3-5-15-28)32-18-10-13-26-12-6-7-16-30(26)32/h3-25H,1-2H3. The first-order chi connectivity index (χ1) is 19.1. The summed E-state index contributed by atoms with van der Waals surface area (Å²) in [5.41, 5.74) is 6.08. The lowest BCUT2D eigenvalue weighted by Crippen LogP contribution is -2.56. The Kier molecular flexibility index (Phi) is 5.91. The maximum absolute atomic E-state index is 2.49. The quantitative estimate of drug-likeness (QED) is 0.207. The van der Waals surface area contributed by atoms with E-state index in [1.54, 1.807) is 5.19 Å². The lowest BCUT2D eigenvalue weighted by Gasteiger charge is -2.34. The zero-order valence-electron chi connectivity index (χ0n) is 22.1. The SMILES string of the molecule is C[Si]1(C)c2ccccc2Sc2c(-c3ccc(N(c4ccccc4)c4cccc5ccccc45)cc3)cccc21. The smallest absolute Gasteiger partial charge is 0.115 e. The van der Waals surface area contributed by atoms with Crippen LogP contribution in [-0.2, 0) is 0 Å². The third kappa shape index (κ3) is 4.10. The largest absolute Gasteiger partial charge is 0.310 e. The van der Waals surface area contributed by atoms with Crippen molar-refractivity contribution < 1.29 is 0 Å². The summed E-state index contributed by atoms with van der Waals surface area (Å²) in [6, 6.07) is 50.9. The Bertz CT molecular complexity index is 1800. The second-order valence-electron chi connectivity index (χ2n) is 10.6. The molecular weight excluding hydrogens is 507 g/mol. The van der Waals surface area contributed by atoms with Crippen molar-refractivity contribution in [1.29, 1.82) is 0 Å². The van der Waals surface area contributed by atoms with Gasteiger partial charge < -0.3 is 4.90 Å². The van der Waals surface area contributed by atoms with Gasteiger partial charge in [-0.05, 0) is 63.3 Å². The number of para-hydroxylation sites is 1. The van der Waals surface area contributed by atoms with E-state index in [-0.39, 0.29) is 0 Å². The van der Waals surface area contributed by atoms with Gasteiger partial charge in [0.15, 0.2) is 0 Å². The summed E-state index contributed by atoms with van der Waals surface area (Å²) in [6.45, 7) is 4.97. The fourth-order valence-electron chi connectivity index (χ4n) is 5.89. The number of benzene rings is 6. The van der Waals surface area contributed by atoms with E-state index in [1.807, 2.05) is 11.8 Å². The minimum atomic E-state index is -1.77.